The predicted octanol–water partition coefficient (Wildman–Crippen LogP) is 5.71. The highest BCUT2D eigenvalue weighted by atomic mass is 35.5. The van der Waals surface area contributed by atoms with E-state index in [1.165, 1.54) is 36.4 Å². The summed E-state index contributed by atoms with van der Waals surface area (Å²) in [5.74, 6) is 2.60. The number of benzene rings is 1. The van der Waals surface area contributed by atoms with E-state index in [4.69, 9.17) is 11.6 Å². The fourth-order valence-electron chi connectivity index (χ4n) is 3.22. The van der Waals surface area contributed by atoms with E-state index in [0.29, 0.717) is 17.1 Å². The monoisotopic (exact) mass is 402 g/mol. The van der Waals surface area contributed by atoms with Gasteiger partial charge in [-0.05, 0) is 50.1 Å². The largest absolute Gasteiger partial charge is 0.303 e. The molecule has 1 aromatic carbocycles. The average molecular weight is 403 g/mol. The Bertz CT molecular complexity index is 979. The highest BCUT2D eigenvalue weighted by molar-refractivity contribution is 7.98. The second-order valence-electron chi connectivity index (χ2n) is 7.00. The number of pyridine rings is 1. The van der Waals surface area contributed by atoms with Crippen molar-refractivity contribution in [3.63, 3.8) is 0 Å². The van der Waals surface area contributed by atoms with Gasteiger partial charge in [-0.1, -0.05) is 29.4 Å². The molecule has 0 aliphatic heterocycles. The average Bonchev–Trinajstić information content (AvgIpc) is 3.58. The van der Waals surface area contributed by atoms with Crippen molar-refractivity contribution in [3.05, 3.63) is 40.8 Å². The van der Waals surface area contributed by atoms with Crippen LogP contribution in [0.4, 0.5) is 0 Å². The summed E-state index contributed by atoms with van der Waals surface area (Å²) in [4.78, 5) is 5.81. The number of halogens is 1. The van der Waals surface area contributed by atoms with E-state index < -0.39 is 0 Å². The lowest BCUT2D eigenvalue weighted by Crippen LogP contribution is -2.02. The molecular weight excluding hydrogens is 384 g/mol. The number of aromatic nitrogens is 4. The molecule has 2 saturated carbocycles. The number of fused-ring (bicyclic) bond motifs is 1. The highest BCUT2D eigenvalue weighted by Crippen LogP contribution is 2.46. The molecule has 3 aromatic rings. The van der Waals surface area contributed by atoms with Crippen LogP contribution in [-0.4, -0.2) is 26.0 Å². The van der Waals surface area contributed by atoms with Crippen LogP contribution >= 0.6 is 35.1 Å². The van der Waals surface area contributed by atoms with Crippen molar-refractivity contribution in [2.45, 2.75) is 53.4 Å². The van der Waals surface area contributed by atoms with Gasteiger partial charge in [0.05, 0.1) is 5.52 Å². The molecule has 4 nitrogen and oxygen atoms in total. The molecule has 2 fully saturated rings. The number of rotatable bonds is 6. The maximum Gasteiger partial charge on any atom is 0.191 e. The molecule has 0 N–H and O–H groups in total. The zero-order valence-corrected chi connectivity index (χ0v) is 16.9. The topological polar surface area (TPSA) is 43.6 Å². The molecule has 2 aromatic heterocycles. The van der Waals surface area contributed by atoms with Gasteiger partial charge in [-0.25, -0.2) is 4.98 Å². The van der Waals surface area contributed by atoms with Crippen LogP contribution in [0.5, 0.6) is 0 Å². The Labute approximate surface area is 166 Å². The summed E-state index contributed by atoms with van der Waals surface area (Å²) in [5.41, 5.74) is 2.01. The van der Waals surface area contributed by atoms with Gasteiger partial charge in [0, 0.05) is 33.6 Å². The third-order valence-corrected chi connectivity index (χ3v) is 7.00. The van der Waals surface area contributed by atoms with E-state index in [1.54, 1.807) is 23.5 Å². The zero-order valence-electron chi connectivity index (χ0n) is 14.5. The molecule has 0 unspecified atom stereocenters. The second kappa shape index (κ2) is 6.73. The van der Waals surface area contributed by atoms with Crippen LogP contribution in [0.25, 0.3) is 10.9 Å². The lowest BCUT2D eigenvalue weighted by molar-refractivity contribution is 0.627. The molecule has 26 heavy (non-hydrogen) atoms. The van der Waals surface area contributed by atoms with E-state index >= 15 is 0 Å². The Hall–Kier alpha value is -1.24. The molecule has 2 heterocycles. The lowest BCUT2D eigenvalue weighted by Gasteiger charge is -2.09. The Morgan fingerprint density at radius 3 is 2.73 bits per heavy atom. The van der Waals surface area contributed by atoms with Gasteiger partial charge >= 0.3 is 0 Å². The van der Waals surface area contributed by atoms with Crippen molar-refractivity contribution in [1.29, 1.82) is 0 Å². The smallest absolute Gasteiger partial charge is 0.191 e. The summed E-state index contributed by atoms with van der Waals surface area (Å²) in [6, 6.07) is 9.11. The van der Waals surface area contributed by atoms with Crippen LogP contribution in [0.15, 0.2) is 34.3 Å². The maximum atomic E-state index is 6.47. The number of nitrogens with zero attached hydrogens (tertiary/aromatic N) is 4. The molecule has 134 valence electrons. The van der Waals surface area contributed by atoms with Crippen molar-refractivity contribution in [1.82, 2.24) is 19.7 Å². The molecule has 5 rings (SSSR count). The molecule has 0 atom stereocenters. The minimum absolute atomic E-state index is 0.586. The Kier molecular flexibility index (Phi) is 4.38. The van der Waals surface area contributed by atoms with Gasteiger partial charge in [0.15, 0.2) is 5.16 Å². The van der Waals surface area contributed by atoms with Crippen LogP contribution in [0.1, 0.15) is 49.0 Å². The van der Waals surface area contributed by atoms with Crippen LogP contribution in [-0.2, 0) is 5.75 Å². The number of hydrogen-bond acceptors (Lipinski definition) is 5. The summed E-state index contributed by atoms with van der Waals surface area (Å²) in [6.45, 7) is 0. The van der Waals surface area contributed by atoms with Crippen molar-refractivity contribution < 1.29 is 0 Å². The van der Waals surface area contributed by atoms with Crippen LogP contribution < -0.4 is 0 Å². The predicted molar refractivity (Wildman–Crippen MR) is 108 cm³/mol. The zero-order chi connectivity index (χ0) is 17.7. The lowest BCUT2D eigenvalue weighted by atomic mass is 10.2. The maximum absolute atomic E-state index is 6.47. The fourth-order valence-corrected chi connectivity index (χ4v) is 4.93. The molecule has 2 aliphatic carbocycles. The molecule has 0 radical (unpaired) electrons. The molecule has 0 bridgehead atoms. The first-order valence-corrected chi connectivity index (χ1v) is 11.5. The van der Waals surface area contributed by atoms with Crippen molar-refractivity contribution in [3.8, 4) is 0 Å². The minimum atomic E-state index is 0.586. The van der Waals surface area contributed by atoms with Gasteiger partial charge in [-0.3, -0.25) is 0 Å². The van der Waals surface area contributed by atoms with E-state index in [0.717, 1.165) is 27.4 Å². The number of thioether (sulfide) groups is 2. The normalized spacial score (nSPS) is 17.2. The van der Waals surface area contributed by atoms with Crippen LogP contribution in [0.3, 0.4) is 0 Å². The molecule has 0 spiro atoms. The third kappa shape index (κ3) is 3.23. The second-order valence-corrected chi connectivity index (χ2v) is 9.18. The fraction of sp³-hybridized carbons (Fsp3) is 0.421. The van der Waals surface area contributed by atoms with Crippen molar-refractivity contribution in [2.24, 2.45) is 0 Å². The van der Waals surface area contributed by atoms with Crippen molar-refractivity contribution in [2.75, 3.05) is 6.26 Å². The van der Waals surface area contributed by atoms with Crippen molar-refractivity contribution >= 4 is 46.0 Å². The first kappa shape index (κ1) is 16.9. The third-order valence-electron chi connectivity index (χ3n) is 4.95. The van der Waals surface area contributed by atoms with Gasteiger partial charge < -0.3 is 4.57 Å². The Morgan fingerprint density at radius 1 is 1.15 bits per heavy atom. The van der Waals surface area contributed by atoms with Gasteiger partial charge in [-0.15, -0.1) is 22.0 Å². The van der Waals surface area contributed by atoms with E-state index in [1.807, 2.05) is 0 Å². The summed E-state index contributed by atoms with van der Waals surface area (Å²) < 4.78 is 2.38. The Balaban J connectivity index is 1.41. The Morgan fingerprint density at radius 2 is 2.00 bits per heavy atom. The molecule has 7 heteroatoms. The van der Waals surface area contributed by atoms with Crippen LogP contribution in [0, 0.1) is 0 Å². The molecule has 2 aliphatic rings. The number of hydrogen-bond donors (Lipinski definition) is 0. The minimum Gasteiger partial charge on any atom is -0.303 e. The summed E-state index contributed by atoms with van der Waals surface area (Å²) >= 11 is 9.91. The summed E-state index contributed by atoms with van der Waals surface area (Å²) in [7, 11) is 0. The van der Waals surface area contributed by atoms with Gasteiger partial charge in [0.1, 0.15) is 11.0 Å². The quantitative estimate of drug-likeness (QED) is 0.390. The molecule has 0 amide bonds. The summed E-state index contributed by atoms with van der Waals surface area (Å²) in [6.07, 6.45) is 7.09. The SMILES string of the molecule is CSc1ccc2cc(CSc3nnc(C4CC4)n3C3CC3)c(Cl)nc2c1. The van der Waals surface area contributed by atoms with E-state index in [-0.39, 0.29) is 0 Å². The molecular formula is C19H19ClN4S2. The van der Waals surface area contributed by atoms with Gasteiger partial charge in [0.25, 0.3) is 0 Å². The van der Waals surface area contributed by atoms with Crippen LogP contribution in [0.2, 0.25) is 5.15 Å². The first-order chi connectivity index (χ1) is 12.7. The van der Waals surface area contributed by atoms with Gasteiger partial charge in [-0.2, -0.15) is 0 Å². The standard InChI is InChI=1S/C19H19ClN4S2/c1-25-15-7-4-12-8-13(17(20)21-16(12)9-15)10-26-19-23-22-18(11-2-3-11)24(19)14-5-6-14/h4,7-9,11,14H,2-3,5-6,10H2,1H3. The van der Waals surface area contributed by atoms with Gasteiger partial charge in [0.2, 0.25) is 0 Å². The summed E-state index contributed by atoms with van der Waals surface area (Å²) in [5, 5.41) is 11.7. The molecule has 0 saturated heterocycles. The first-order valence-electron chi connectivity index (χ1n) is 8.93. The van der Waals surface area contributed by atoms with E-state index in [2.05, 4.69) is 50.3 Å². The van der Waals surface area contributed by atoms with E-state index in [9.17, 15) is 0 Å². The highest BCUT2D eigenvalue weighted by Gasteiger charge is 2.36.